The van der Waals surface area contributed by atoms with Crippen LogP contribution in [0.5, 0.6) is 0 Å². The van der Waals surface area contributed by atoms with Crippen LogP contribution in [0.1, 0.15) is 42.1 Å². The van der Waals surface area contributed by atoms with Gasteiger partial charge in [-0.05, 0) is 31.6 Å². The van der Waals surface area contributed by atoms with Crippen molar-refractivity contribution in [2.45, 2.75) is 32.7 Å². The number of hydrogen-bond acceptors (Lipinski definition) is 3. The number of carboxylic acids is 1. The SMILES string of the molecule is CCCCCN(C)Cc1cccc(N)c1C(=O)O. The highest BCUT2D eigenvalue weighted by Gasteiger charge is 2.14. The first-order valence-corrected chi connectivity index (χ1v) is 6.35. The predicted octanol–water partition coefficient (Wildman–Crippen LogP) is 2.59. The molecule has 0 atom stereocenters. The Bertz CT molecular complexity index is 405. The molecule has 1 aromatic carbocycles. The van der Waals surface area contributed by atoms with Crippen molar-refractivity contribution in [3.05, 3.63) is 29.3 Å². The maximum atomic E-state index is 11.2. The molecule has 0 aromatic heterocycles. The van der Waals surface area contributed by atoms with Crippen LogP contribution in [0.4, 0.5) is 5.69 Å². The lowest BCUT2D eigenvalue weighted by Crippen LogP contribution is -2.21. The van der Waals surface area contributed by atoms with Gasteiger partial charge in [-0.2, -0.15) is 0 Å². The summed E-state index contributed by atoms with van der Waals surface area (Å²) in [6, 6.07) is 5.26. The summed E-state index contributed by atoms with van der Waals surface area (Å²) < 4.78 is 0. The van der Waals surface area contributed by atoms with Gasteiger partial charge in [-0.15, -0.1) is 0 Å². The molecular weight excluding hydrogens is 228 g/mol. The second-order valence-electron chi connectivity index (χ2n) is 4.63. The first-order valence-electron chi connectivity index (χ1n) is 6.35. The molecule has 1 rings (SSSR count). The standard InChI is InChI=1S/C14H22N2O2/c1-3-4-5-9-16(2)10-11-7-6-8-12(15)13(11)14(17)18/h6-8H,3-5,9-10,15H2,1-2H3,(H,17,18). The Morgan fingerprint density at radius 1 is 1.39 bits per heavy atom. The predicted molar refractivity (Wildman–Crippen MR) is 73.7 cm³/mol. The first kappa shape index (κ1) is 14.5. The maximum absolute atomic E-state index is 11.2. The van der Waals surface area contributed by atoms with Crippen LogP contribution in [-0.4, -0.2) is 29.6 Å². The molecular formula is C14H22N2O2. The van der Waals surface area contributed by atoms with Gasteiger partial charge in [-0.3, -0.25) is 0 Å². The van der Waals surface area contributed by atoms with Crippen LogP contribution in [-0.2, 0) is 6.54 Å². The fraction of sp³-hybridized carbons (Fsp3) is 0.500. The van der Waals surface area contributed by atoms with Gasteiger partial charge in [-0.25, -0.2) is 4.79 Å². The lowest BCUT2D eigenvalue weighted by atomic mass is 10.0. The van der Waals surface area contributed by atoms with Gasteiger partial charge in [0.2, 0.25) is 0 Å². The smallest absolute Gasteiger partial charge is 0.338 e. The molecule has 0 saturated carbocycles. The highest BCUT2D eigenvalue weighted by atomic mass is 16.4. The van der Waals surface area contributed by atoms with E-state index in [-0.39, 0.29) is 5.56 Å². The van der Waals surface area contributed by atoms with Gasteiger partial charge in [0.15, 0.2) is 0 Å². The molecule has 0 bridgehead atoms. The van der Waals surface area contributed by atoms with Crippen molar-refractivity contribution in [2.75, 3.05) is 19.3 Å². The van der Waals surface area contributed by atoms with Crippen LogP contribution >= 0.6 is 0 Å². The monoisotopic (exact) mass is 250 g/mol. The van der Waals surface area contributed by atoms with Crippen LogP contribution in [0.3, 0.4) is 0 Å². The van der Waals surface area contributed by atoms with Gasteiger partial charge in [0.05, 0.1) is 5.56 Å². The quantitative estimate of drug-likeness (QED) is 0.576. The highest BCUT2D eigenvalue weighted by molar-refractivity contribution is 5.95. The lowest BCUT2D eigenvalue weighted by molar-refractivity contribution is 0.0696. The van der Waals surface area contributed by atoms with E-state index in [2.05, 4.69) is 11.8 Å². The van der Waals surface area contributed by atoms with Crippen molar-refractivity contribution in [3.8, 4) is 0 Å². The number of nitrogen functional groups attached to an aromatic ring is 1. The third-order valence-electron chi connectivity index (χ3n) is 2.98. The summed E-state index contributed by atoms with van der Waals surface area (Å²) in [6.07, 6.45) is 3.53. The van der Waals surface area contributed by atoms with Gasteiger partial charge in [0.25, 0.3) is 0 Å². The molecule has 0 fully saturated rings. The number of benzene rings is 1. The zero-order valence-electron chi connectivity index (χ0n) is 11.1. The van der Waals surface area contributed by atoms with E-state index in [0.29, 0.717) is 12.2 Å². The number of nitrogens with zero attached hydrogens (tertiary/aromatic N) is 1. The molecule has 18 heavy (non-hydrogen) atoms. The zero-order chi connectivity index (χ0) is 13.5. The molecule has 0 heterocycles. The van der Waals surface area contributed by atoms with E-state index >= 15 is 0 Å². The minimum absolute atomic E-state index is 0.236. The summed E-state index contributed by atoms with van der Waals surface area (Å²) in [6.45, 7) is 3.76. The van der Waals surface area contributed by atoms with Crippen LogP contribution in [0.2, 0.25) is 0 Å². The Morgan fingerprint density at radius 3 is 2.72 bits per heavy atom. The first-order chi connectivity index (χ1) is 8.56. The second kappa shape index (κ2) is 7.01. The van der Waals surface area contributed by atoms with E-state index < -0.39 is 5.97 Å². The Morgan fingerprint density at radius 2 is 2.11 bits per heavy atom. The number of anilines is 1. The Balaban J connectivity index is 2.72. The van der Waals surface area contributed by atoms with E-state index in [9.17, 15) is 9.90 Å². The normalized spacial score (nSPS) is 10.8. The van der Waals surface area contributed by atoms with Gasteiger partial charge < -0.3 is 15.7 Å². The fourth-order valence-corrected chi connectivity index (χ4v) is 2.01. The minimum Gasteiger partial charge on any atom is -0.478 e. The van der Waals surface area contributed by atoms with E-state index in [1.165, 1.54) is 12.8 Å². The molecule has 4 heteroatoms. The molecule has 4 nitrogen and oxygen atoms in total. The topological polar surface area (TPSA) is 66.6 Å². The van der Waals surface area contributed by atoms with E-state index in [1.54, 1.807) is 12.1 Å². The second-order valence-corrected chi connectivity index (χ2v) is 4.63. The third-order valence-corrected chi connectivity index (χ3v) is 2.98. The largest absolute Gasteiger partial charge is 0.478 e. The average Bonchev–Trinajstić information content (AvgIpc) is 2.28. The van der Waals surface area contributed by atoms with E-state index in [1.807, 2.05) is 13.1 Å². The van der Waals surface area contributed by atoms with Crippen LogP contribution < -0.4 is 5.73 Å². The molecule has 0 saturated heterocycles. The molecule has 0 amide bonds. The number of aromatic carboxylic acids is 1. The van der Waals surface area contributed by atoms with Crippen molar-refractivity contribution in [1.82, 2.24) is 4.90 Å². The van der Waals surface area contributed by atoms with Crippen molar-refractivity contribution in [2.24, 2.45) is 0 Å². The van der Waals surface area contributed by atoms with Gasteiger partial charge in [-0.1, -0.05) is 31.9 Å². The molecule has 0 unspecified atom stereocenters. The van der Waals surface area contributed by atoms with Gasteiger partial charge >= 0.3 is 5.97 Å². The Kier molecular flexibility index (Phi) is 5.65. The molecule has 100 valence electrons. The lowest BCUT2D eigenvalue weighted by Gasteiger charge is -2.18. The Labute approximate surface area is 108 Å². The maximum Gasteiger partial charge on any atom is 0.338 e. The van der Waals surface area contributed by atoms with Crippen molar-refractivity contribution in [3.63, 3.8) is 0 Å². The summed E-state index contributed by atoms with van der Waals surface area (Å²) in [4.78, 5) is 13.3. The molecule has 1 aromatic rings. The van der Waals surface area contributed by atoms with Crippen molar-refractivity contribution >= 4 is 11.7 Å². The Hall–Kier alpha value is -1.55. The average molecular weight is 250 g/mol. The number of rotatable bonds is 7. The van der Waals surface area contributed by atoms with Crippen LogP contribution in [0.15, 0.2) is 18.2 Å². The summed E-state index contributed by atoms with van der Waals surface area (Å²) in [5.41, 5.74) is 7.07. The molecule has 0 aliphatic carbocycles. The number of carboxylic acid groups (broad SMARTS) is 1. The number of carbonyl (C=O) groups is 1. The van der Waals surface area contributed by atoms with Crippen LogP contribution in [0.25, 0.3) is 0 Å². The van der Waals surface area contributed by atoms with Gasteiger partial charge in [0, 0.05) is 12.2 Å². The summed E-state index contributed by atoms with van der Waals surface area (Å²) in [5, 5.41) is 9.17. The molecule has 0 aliphatic rings. The van der Waals surface area contributed by atoms with E-state index in [0.717, 1.165) is 18.5 Å². The van der Waals surface area contributed by atoms with E-state index in [4.69, 9.17) is 5.73 Å². The summed E-state index contributed by atoms with van der Waals surface area (Å²) in [5.74, 6) is -0.954. The molecule has 3 N–H and O–H groups in total. The zero-order valence-corrected chi connectivity index (χ0v) is 11.1. The summed E-state index contributed by atoms with van der Waals surface area (Å²) >= 11 is 0. The third kappa shape index (κ3) is 4.04. The van der Waals surface area contributed by atoms with Crippen molar-refractivity contribution in [1.29, 1.82) is 0 Å². The number of hydrogen-bond donors (Lipinski definition) is 2. The van der Waals surface area contributed by atoms with Crippen LogP contribution in [0, 0.1) is 0 Å². The van der Waals surface area contributed by atoms with Crippen molar-refractivity contribution < 1.29 is 9.90 Å². The fourth-order valence-electron chi connectivity index (χ4n) is 2.01. The molecule has 0 aliphatic heterocycles. The highest BCUT2D eigenvalue weighted by Crippen LogP contribution is 2.18. The van der Waals surface area contributed by atoms with Gasteiger partial charge in [0.1, 0.15) is 0 Å². The molecule has 0 radical (unpaired) electrons. The molecule has 0 spiro atoms. The number of unbranched alkanes of at least 4 members (excludes halogenated alkanes) is 2. The number of nitrogens with two attached hydrogens (primary N) is 1. The minimum atomic E-state index is -0.954. The summed E-state index contributed by atoms with van der Waals surface area (Å²) in [7, 11) is 2.00.